The minimum atomic E-state index is 0. The summed E-state index contributed by atoms with van der Waals surface area (Å²) in [7, 11) is 1.83. The molecule has 5 nitrogen and oxygen atoms in total. The average molecular weight is 436 g/mol. The Balaban J connectivity index is 0.00000264. The summed E-state index contributed by atoms with van der Waals surface area (Å²) in [5, 5.41) is 3.37. The molecule has 0 radical (unpaired) electrons. The second-order valence-electron chi connectivity index (χ2n) is 6.85. The summed E-state index contributed by atoms with van der Waals surface area (Å²) < 4.78 is 0. The Hall–Kier alpha value is -0.530. The van der Waals surface area contributed by atoms with Crippen molar-refractivity contribution < 1.29 is 4.79 Å². The van der Waals surface area contributed by atoms with Crippen LogP contribution in [0.4, 0.5) is 0 Å². The highest BCUT2D eigenvalue weighted by atomic mass is 127. The maximum Gasteiger partial charge on any atom is 0.224 e. The molecular weight excluding hydrogens is 403 g/mol. The van der Waals surface area contributed by atoms with Crippen molar-refractivity contribution in [3.63, 3.8) is 0 Å². The predicted octanol–water partition coefficient (Wildman–Crippen LogP) is 2.70. The molecule has 6 heteroatoms. The minimum absolute atomic E-state index is 0. The summed E-state index contributed by atoms with van der Waals surface area (Å²) >= 11 is 0. The van der Waals surface area contributed by atoms with Crippen LogP contribution in [0.25, 0.3) is 0 Å². The molecule has 2 heterocycles. The summed E-state index contributed by atoms with van der Waals surface area (Å²) in [6.45, 7) is 8.20. The number of guanidine groups is 1. The van der Waals surface area contributed by atoms with E-state index < -0.39 is 0 Å². The molecule has 0 aromatic carbocycles. The Morgan fingerprint density at radius 2 is 1.96 bits per heavy atom. The van der Waals surface area contributed by atoms with Gasteiger partial charge in [0.2, 0.25) is 5.91 Å². The maximum absolute atomic E-state index is 12.3. The summed E-state index contributed by atoms with van der Waals surface area (Å²) in [5.41, 5.74) is 0. The van der Waals surface area contributed by atoms with Gasteiger partial charge in [0.1, 0.15) is 0 Å². The third kappa shape index (κ3) is 6.12. The third-order valence-corrected chi connectivity index (χ3v) is 4.91. The topological polar surface area (TPSA) is 47.9 Å². The molecule has 0 aromatic rings. The second kappa shape index (κ2) is 10.4. The van der Waals surface area contributed by atoms with E-state index in [9.17, 15) is 4.79 Å². The number of nitrogens with one attached hydrogen (secondary N) is 1. The molecular formula is C17H33IN4O. The lowest BCUT2D eigenvalue weighted by Crippen LogP contribution is -2.47. The van der Waals surface area contributed by atoms with Crippen LogP contribution < -0.4 is 5.32 Å². The van der Waals surface area contributed by atoms with E-state index in [0.29, 0.717) is 19.0 Å². The van der Waals surface area contributed by atoms with E-state index in [-0.39, 0.29) is 29.9 Å². The Bertz CT molecular complexity index is 402. The molecule has 2 aliphatic heterocycles. The van der Waals surface area contributed by atoms with Crippen LogP contribution in [0.2, 0.25) is 0 Å². The van der Waals surface area contributed by atoms with Gasteiger partial charge in [-0.1, -0.05) is 6.92 Å². The number of carbonyl (C=O) groups excluding carboxylic acids is 1. The van der Waals surface area contributed by atoms with E-state index in [4.69, 9.17) is 0 Å². The van der Waals surface area contributed by atoms with Gasteiger partial charge in [0, 0.05) is 45.7 Å². The van der Waals surface area contributed by atoms with Gasteiger partial charge < -0.3 is 15.1 Å². The van der Waals surface area contributed by atoms with Gasteiger partial charge in [-0.2, -0.15) is 0 Å². The number of halogens is 1. The summed E-state index contributed by atoms with van der Waals surface area (Å²) in [6, 6.07) is 0.406. The van der Waals surface area contributed by atoms with Crippen molar-refractivity contribution >= 4 is 35.8 Å². The van der Waals surface area contributed by atoms with Crippen molar-refractivity contribution in [1.82, 2.24) is 15.1 Å². The molecule has 2 rings (SSSR count). The van der Waals surface area contributed by atoms with Crippen LogP contribution in [0.5, 0.6) is 0 Å². The quantitative estimate of drug-likeness (QED) is 0.421. The molecule has 0 bridgehead atoms. The first-order valence-electron chi connectivity index (χ1n) is 8.87. The van der Waals surface area contributed by atoms with Gasteiger partial charge >= 0.3 is 0 Å². The molecule has 2 aliphatic rings. The monoisotopic (exact) mass is 436 g/mol. The zero-order valence-corrected chi connectivity index (χ0v) is 17.2. The molecule has 0 saturated carbocycles. The van der Waals surface area contributed by atoms with Gasteiger partial charge in [-0.05, 0) is 44.9 Å². The van der Waals surface area contributed by atoms with Crippen LogP contribution >= 0.6 is 24.0 Å². The highest BCUT2D eigenvalue weighted by Gasteiger charge is 2.23. The van der Waals surface area contributed by atoms with Crippen molar-refractivity contribution in [2.24, 2.45) is 10.9 Å². The molecule has 1 amide bonds. The lowest BCUT2D eigenvalue weighted by molar-refractivity contribution is -0.134. The Morgan fingerprint density at radius 1 is 1.17 bits per heavy atom. The number of rotatable bonds is 3. The van der Waals surface area contributed by atoms with Crippen LogP contribution in [0.1, 0.15) is 52.4 Å². The van der Waals surface area contributed by atoms with Gasteiger partial charge in [-0.15, -0.1) is 24.0 Å². The fourth-order valence-electron chi connectivity index (χ4n) is 3.61. The number of likely N-dealkylation sites (tertiary alicyclic amines) is 2. The van der Waals surface area contributed by atoms with E-state index in [0.717, 1.165) is 44.4 Å². The van der Waals surface area contributed by atoms with Crippen LogP contribution in [0.15, 0.2) is 4.99 Å². The van der Waals surface area contributed by atoms with Gasteiger partial charge in [-0.25, -0.2) is 0 Å². The number of hydrogen-bond acceptors (Lipinski definition) is 2. The zero-order valence-electron chi connectivity index (χ0n) is 14.9. The molecule has 2 fully saturated rings. The lowest BCUT2D eigenvalue weighted by atomic mass is 10.0. The number of hydrogen-bond donors (Lipinski definition) is 1. The fraction of sp³-hybridized carbons (Fsp3) is 0.882. The van der Waals surface area contributed by atoms with Crippen LogP contribution in [-0.4, -0.2) is 60.9 Å². The van der Waals surface area contributed by atoms with Crippen LogP contribution in [-0.2, 0) is 4.79 Å². The largest absolute Gasteiger partial charge is 0.356 e. The number of piperidine rings is 2. The summed E-state index contributed by atoms with van der Waals surface area (Å²) in [4.78, 5) is 21.1. The Morgan fingerprint density at radius 3 is 2.61 bits per heavy atom. The molecule has 1 N–H and O–H groups in total. The summed E-state index contributed by atoms with van der Waals surface area (Å²) in [6.07, 6.45) is 6.64. The van der Waals surface area contributed by atoms with Crippen molar-refractivity contribution in [2.45, 2.75) is 58.4 Å². The van der Waals surface area contributed by atoms with Gasteiger partial charge in [0.15, 0.2) is 5.96 Å². The van der Waals surface area contributed by atoms with E-state index in [1.165, 1.54) is 19.3 Å². The van der Waals surface area contributed by atoms with Crippen LogP contribution in [0.3, 0.4) is 0 Å². The van der Waals surface area contributed by atoms with E-state index in [1.54, 1.807) is 0 Å². The van der Waals surface area contributed by atoms with Crippen molar-refractivity contribution in [2.75, 3.05) is 33.2 Å². The fourth-order valence-corrected chi connectivity index (χ4v) is 3.61. The average Bonchev–Trinajstić information content (AvgIpc) is 2.52. The van der Waals surface area contributed by atoms with E-state index in [2.05, 4.69) is 34.0 Å². The minimum Gasteiger partial charge on any atom is -0.356 e. The molecule has 134 valence electrons. The third-order valence-electron chi connectivity index (χ3n) is 4.91. The van der Waals surface area contributed by atoms with E-state index >= 15 is 0 Å². The van der Waals surface area contributed by atoms with Gasteiger partial charge in [0.25, 0.3) is 0 Å². The molecule has 23 heavy (non-hydrogen) atoms. The molecule has 0 aromatic heterocycles. The predicted molar refractivity (Wildman–Crippen MR) is 106 cm³/mol. The van der Waals surface area contributed by atoms with Crippen molar-refractivity contribution in [1.29, 1.82) is 0 Å². The SMILES string of the molecule is CN=C(NCCC(=O)N1CCCCC1C)N1CCCC(C)C1.I. The number of aliphatic imine (C=N–C) groups is 1. The molecule has 0 aliphatic carbocycles. The van der Waals surface area contributed by atoms with Gasteiger partial charge in [-0.3, -0.25) is 9.79 Å². The molecule has 0 spiro atoms. The zero-order chi connectivity index (χ0) is 15.9. The normalized spacial score (nSPS) is 25.8. The molecule has 2 unspecified atom stereocenters. The first kappa shape index (κ1) is 20.5. The first-order chi connectivity index (χ1) is 10.6. The number of nitrogens with zero attached hydrogens (tertiary/aromatic N) is 3. The molecule has 2 saturated heterocycles. The summed E-state index contributed by atoms with van der Waals surface area (Å²) in [5.74, 6) is 1.95. The Kier molecular flexibility index (Phi) is 9.24. The highest BCUT2D eigenvalue weighted by molar-refractivity contribution is 14.0. The van der Waals surface area contributed by atoms with Crippen molar-refractivity contribution in [3.05, 3.63) is 0 Å². The first-order valence-corrected chi connectivity index (χ1v) is 8.87. The standard InChI is InChI=1S/C17H32N4O.HI/c1-14-7-6-11-20(13-14)17(18-3)19-10-9-16(22)21-12-5-4-8-15(21)2;/h14-15H,4-13H2,1-3H3,(H,18,19);1H. The Labute approximate surface area is 158 Å². The second-order valence-corrected chi connectivity index (χ2v) is 6.85. The maximum atomic E-state index is 12.3. The lowest BCUT2D eigenvalue weighted by Gasteiger charge is -2.35. The smallest absolute Gasteiger partial charge is 0.224 e. The highest BCUT2D eigenvalue weighted by Crippen LogP contribution is 2.17. The molecule has 2 atom stereocenters. The number of amides is 1. The van der Waals surface area contributed by atoms with Crippen molar-refractivity contribution in [3.8, 4) is 0 Å². The van der Waals surface area contributed by atoms with Gasteiger partial charge in [0.05, 0.1) is 0 Å². The number of carbonyl (C=O) groups is 1. The van der Waals surface area contributed by atoms with Crippen LogP contribution in [0, 0.1) is 5.92 Å². The van der Waals surface area contributed by atoms with E-state index in [1.807, 2.05) is 7.05 Å².